The fourth-order valence-corrected chi connectivity index (χ4v) is 17.3. The third-order valence-electron chi connectivity index (χ3n) is 24.2. The zero-order valence-electron chi connectivity index (χ0n) is 77.2. The SMILES string of the molecule is CC1O[C@@H](OC2[C@H](O[C@@H]3C(NC(=O)OCC(Cl)(Cl)Cl)[C@H](O[C@@H]4C(OCc5ccccc5)[C@@H](OCCCCCNC(=O)OCc5ccccc5)OC5COC(c6ccccc6)O[C@@H]54)OC(COC(=O)c4ccccc4)[C@@H]3OC(=O)c3ccccc3)OC(COCc3ccccc3)[C@H](OCc3ccccc3)[C@H]2OCc2ccccc2)C(OCc2ccccc2)[C@@H](OCc2ccccc2)[C@@H]1OCc1ccccc1. The number of esters is 2. The average Bonchev–Trinajstić information content (AvgIpc) is 0.754. The number of alkyl halides is 3. The van der Waals surface area contributed by atoms with E-state index in [4.69, 9.17) is 134 Å². The van der Waals surface area contributed by atoms with Crippen molar-refractivity contribution in [1.82, 2.24) is 10.6 Å². The molecule has 0 spiro atoms. The predicted molar refractivity (Wildman–Crippen MR) is 517 cm³/mol. The summed E-state index contributed by atoms with van der Waals surface area (Å²) >= 11 is 19.5. The molecule has 140 heavy (non-hydrogen) atoms. The van der Waals surface area contributed by atoms with Crippen molar-refractivity contribution in [1.29, 1.82) is 0 Å². The summed E-state index contributed by atoms with van der Waals surface area (Å²) < 4.78 is 147. The van der Waals surface area contributed by atoms with Crippen LogP contribution in [-0.4, -0.2) is 190 Å². The van der Waals surface area contributed by atoms with Gasteiger partial charge in [0.1, 0.15) is 105 Å². The Morgan fingerprint density at radius 3 is 1.26 bits per heavy atom. The van der Waals surface area contributed by atoms with E-state index < -0.39 is 170 Å². The molecular weight excluding hydrogens is 1860 g/mol. The lowest BCUT2D eigenvalue weighted by atomic mass is 9.93. The minimum atomic E-state index is -2.21. The van der Waals surface area contributed by atoms with Gasteiger partial charge in [0.2, 0.25) is 3.79 Å². The molecule has 2 N–H and O–H groups in total. The molecule has 5 saturated heterocycles. The second kappa shape index (κ2) is 52.7. The Kier molecular flexibility index (Phi) is 38.4. The molecule has 11 aromatic rings. The Balaban J connectivity index is 0.857. The van der Waals surface area contributed by atoms with Gasteiger partial charge < -0.3 is 110 Å². The minimum absolute atomic E-state index is 0.00601. The number of rotatable bonds is 45. The van der Waals surface area contributed by atoms with Crippen LogP contribution in [0.25, 0.3) is 0 Å². The first-order valence-electron chi connectivity index (χ1n) is 47.1. The van der Waals surface area contributed by atoms with E-state index in [9.17, 15) is 9.59 Å². The van der Waals surface area contributed by atoms with Gasteiger partial charge in [0, 0.05) is 18.7 Å². The standard InChI is InChI=1S/C110H115Cl3N2O25/c1-74-90(122-63-76-40-16-3-17-41-76)95(124-65-78-44-20-5-21-45-78)98(126-67-80-48-24-7-25-49-80)106(132-74)140-100-96(125-66-79-46-22-6-23-47-79)91(123-64-77-42-18-4-19-43-77)86(70-120-62-75-38-14-2-15-39-75)135-107(100)138-94-89(115-109(119)131-73-110(111,112)113)104(133-87(71-128-101(116)83-54-30-10-31-55-83)92(94)136-102(117)84-56-32-11-33-57-84)139-97-93-88(72-129-103(137-93)85-58-34-12-35-59-85)134-105(99(97)127-68-81-50-26-8-27-51-81)121-61-37-13-36-60-114-108(118)130-69-82-52-28-9-29-53-82/h2-12,14-35,38-59,74,86-100,103-107H,13,36-37,60-73H2,1H3,(H,114,118)(H,115,119)/t74?,86?,87?,88?,89?,90-,91+,92+,93+,94-,95+,96-,97+,98?,99?,100?,103?,104+,105+,106+,107+/m1/s1. The fourth-order valence-electron chi connectivity index (χ4n) is 17.1. The number of carbonyl (C=O) groups excluding carboxylic acids is 4. The summed E-state index contributed by atoms with van der Waals surface area (Å²) in [6.07, 6.45) is -27.8. The number of hydrogen-bond acceptors (Lipinski definition) is 25. The van der Waals surface area contributed by atoms with E-state index in [-0.39, 0.29) is 83.8 Å². The van der Waals surface area contributed by atoms with E-state index in [0.717, 1.165) is 44.5 Å². The summed E-state index contributed by atoms with van der Waals surface area (Å²) in [6, 6.07) is 100. The Bertz CT molecular complexity index is 5490. The number of nitrogens with one attached hydrogen (secondary N) is 2. The first-order chi connectivity index (χ1) is 68.6. The molecule has 0 bridgehead atoms. The van der Waals surface area contributed by atoms with Crippen LogP contribution in [0.4, 0.5) is 9.59 Å². The topological polar surface area (TPSA) is 286 Å². The largest absolute Gasteiger partial charge is 0.459 e. The van der Waals surface area contributed by atoms with Crippen molar-refractivity contribution in [2.24, 2.45) is 0 Å². The van der Waals surface area contributed by atoms with E-state index in [1.165, 1.54) is 0 Å². The molecule has 9 unspecified atom stereocenters. The highest BCUT2D eigenvalue weighted by atomic mass is 35.6. The highest BCUT2D eigenvalue weighted by Gasteiger charge is 2.61. The average molecular weight is 1970 g/mol. The van der Waals surface area contributed by atoms with Crippen molar-refractivity contribution in [2.45, 2.75) is 212 Å². The van der Waals surface area contributed by atoms with E-state index in [1.54, 1.807) is 60.7 Å². The molecule has 5 aliphatic rings. The summed E-state index contributed by atoms with van der Waals surface area (Å²) in [5.41, 5.74) is 7.26. The van der Waals surface area contributed by atoms with E-state index >= 15 is 9.59 Å². The number of alkyl carbamates (subject to hydrolysis) is 2. The lowest BCUT2D eigenvalue weighted by Gasteiger charge is -2.53. The van der Waals surface area contributed by atoms with Gasteiger partial charge in [-0.1, -0.05) is 344 Å². The van der Waals surface area contributed by atoms with E-state index in [0.29, 0.717) is 31.4 Å². The number of hydrogen-bond donors (Lipinski definition) is 2. The van der Waals surface area contributed by atoms with Crippen LogP contribution in [0.15, 0.2) is 334 Å². The third kappa shape index (κ3) is 29.9. The van der Waals surface area contributed by atoms with Crippen LogP contribution in [0, 0.1) is 0 Å². The predicted octanol–water partition coefficient (Wildman–Crippen LogP) is 18.6. The van der Waals surface area contributed by atoms with Gasteiger partial charge in [-0.3, -0.25) is 0 Å². The van der Waals surface area contributed by atoms with Crippen LogP contribution in [0.2, 0.25) is 0 Å². The molecular formula is C110H115Cl3N2O25. The van der Waals surface area contributed by atoms with Crippen molar-refractivity contribution in [3.63, 3.8) is 0 Å². The van der Waals surface area contributed by atoms with Crippen molar-refractivity contribution in [3.8, 4) is 0 Å². The van der Waals surface area contributed by atoms with E-state index in [1.807, 2.05) is 280 Å². The molecule has 30 heteroatoms. The molecule has 0 aromatic heterocycles. The maximum Gasteiger partial charge on any atom is 0.407 e. The number of carbonyl (C=O) groups is 4. The van der Waals surface area contributed by atoms with Crippen LogP contribution >= 0.6 is 34.8 Å². The van der Waals surface area contributed by atoms with Crippen molar-refractivity contribution in [3.05, 3.63) is 395 Å². The molecule has 5 heterocycles. The van der Waals surface area contributed by atoms with Crippen LogP contribution in [0.3, 0.4) is 0 Å². The molecule has 5 aliphatic heterocycles. The fraction of sp³-hybridized carbons (Fsp3) is 0.364. The second-order valence-electron chi connectivity index (χ2n) is 34.4. The van der Waals surface area contributed by atoms with Gasteiger partial charge in [-0.2, -0.15) is 0 Å². The zero-order valence-corrected chi connectivity index (χ0v) is 79.5. The molecule has 11 aromatic carbocycles. The monoisotopic (exact) mass is 1970 g/mol. The highest BCUT2D eigenvalue weighted by Crippen LogP contribution is 2.44. The smallest absolute Gasteiger partial charge is 0.407 e. The van der Waals surface area contributed by atoms with Gasteiger partial charge in [0.25, 0.3) is 0 Å². The van der Waals surface area contributed by atoms with Gasteiger partial charge >= 0.3 is 24.1 Å². The number of amides is 2. The van der Waals surface area contributed by atoms with Crippen LogP contribution < -0.4 is 10.6 Å². The summed E-state index contributed by atoms with van der Waals surface area (Å²) in [7, 11) is 0. The Morgan fingerprint density at radius 1 is 0.343 bits per heavy atom. The summed E-state index contributed by atoms with van der Waals surface area (Å²) in [5, 5.41) is 5.85. The van der Waals surface area contributed by atoms with Crippen LogP contribution in [-0.2, 0) is 152 Å². The second-order valence-corrected chi connectivity index (χ2v) is 36.9. The van der Waals surface area contributed by atoms with Crippen LogP contribution in [0.1, 0.15) is 103 Å². The zero-order chi connectivity index (χ0) is 96.5. The normalized spacial score (nSPS) is 25.6. The Morgan fingerprint density at radius 2 is 0.750 bits per heavy atom. The summed E-state index contributed by atoms with van der Waals surface area (Å²) in [5.74, 6) is -1.76. The van der Waals surface area contributed by atoms with Gasteiger partial charge in [0.15, 0.2) is 37.6 Å². The third-order valence-corrected chi connectivity index (χ3v) is 24.5. The Hall–Kier alpha value is -10.9. The molecule has 21 atom stereocenters. The molecule has 2 amide bonds. The van der Waals surface area contributed by atoms with Gasteiger partial charge in [-0.25, -0.2) is 19.2 Å². The molecule has 0 radical (unpaired) electrons. The first kappa shape index (κ1) is 102. The molecule has 0 saturated carbocycles. The number of halogens is 3. The molecule has 27 nitrogen and oxygen atoms in total. The highest BCUT2D eigenvalue weighted by molar-refractivity contribution is 6.67. The van der Waals surface area contributed by atoms with Gasteiger partial charge in [0.05, 0.1) is 76.7 Å². The minimum Gasteiger partial charge on any atom is -0.459 e. The van der Waals surface area contributed by atoms with Crippen molar-refractivity contribution < 1.29 is 119 Å². The summed E-state index contributed by atoms with van der Waals surface area (Å²) in [6.45, 7) is 0.552. The number of ether oxygens (including phenoxy) is 21. The number of fused-ring (bicyclic) bond motifs is 1. The lowest BCUT2D eigenvalue weighted by Crippen LogP contribution is -2.71. The van der Waals surface area contributed by atoms with Crippen LogP contribution in [0.5, 0.6) is 0 Å². The Labute approximate surface area is 829 Å². The van der Waals surface area contributed by atoms with Crippen molar-refractivity contribution >= 4 is 58.9 Å². The van der Waals surface area contributed by atoms with Crippen molar-refractivity contribution in [2.75, 3.05) is 39.6 Å². The molecule has 16 rings (SSSR count). The molecule has 5 fully saturated rings. The summed E-state index contributed by atoms with van der Waals surface area (Å²) in [4.78, 5) is 59.4. The van der Waals surface area contributed by atoms with Gasteiger partial charge in [-0.15, -0.1) is 0 Å². The molecule has 0 aliphatic carbocycles. The molecule has 736 valence electrons. The number of unbranched alkanes of at least 4 members (excludes halogenated alkanes) is 2. The lowest BCUT2D eigenvalue weighted by molar-refractivity contribution is -0.403. The van der Waals surface area contributed by atoms with E-state index in [2.05, 4.69) is 10.6 Å². The van der Waals surface area contributed by atoms with Gasteiger partial charge in [-0.05, 0) is 95.0 Å². The maximum atomic E-state index is 15.8. The quantitative estimate of drug-likeness (QED) is 0.0155. The first-order valence-corrected chi connectivity index (χ1v) is 48.2. The number of benzene rings is 11. The maximum absolute atomic E-state index is 15.8.